The summed E-state index contributed by atoms with van der Waals surface area (Å²) in [6.07, 6.45) is 4.69. The van der Waals surface area contributed by atoms with Crippen LogP contribution in [0.2, 0.25) is 18.6 Å². The number of aryl methyl sites for hydroxylation is 1. The van der Waals surface area contributed by atoms with Gasteiger partial charge in [-0.3, -0.25) is 19.2 Å². The predicted octanol–water partition coefficient (Wildman–Crippen LogP) is 6.54. The van der Waals surface area contributed by atoms with Crippen LogP contribution in [0, 0.1) is 5.92 Å². The van der Waals surface area contributed by atoms with Crippen molar-refractivity contribution in [3.63, 3.8) is 0 Å². The number of hydrogen-bond donors (Lipinski definition) is 1. The van der Waals surface area contributed by atoms with Crippen molar-refractivity contribution < 1.29 is 24.2 Å². The van der Waals surface area contributed by atoms with Crippen molar-refractivity contribution in [3.8, 4) is 5.75 Å². The summed E-state index contributed by atoms with van der Waals surface area (Å²) in [7, 11) is -0.740. The first-order chi connectivity index (χ1) is 26.2. The van der Waals surface area contributed by atoms with Gasteiger partial charge >= 0.3 is 0 Å². The number of aliphatic hydroxyl groups is 1. The molecule has 0 saturated carbocycles. The summed E-state index contributed by atoms with van der Waals surface area (Å²) in [5.41, 5.74) is 3.25. The second kappa shape index (κ2) is 15.2. The molecule has 3 heterocycles. The number of aromatic nitrogens is 3. The van der Waals surface area contributed by atoms with E-state index in [4.69, 9.17) is 9.47 Å². The average Bonchev–Trinajstić information content (AvgIpc) is 3.86. The fourth-order valence-electron chi connectivity index (χ4n) is 8.79. The molecular weight excluding hydrogens is 695 g/mol. The number of methoxy groups -OCH3 is 1. The normalized spacial score (nSPS) is 21.2. The van der Waals surface area contributed by atoms with E-state index in [2.05, 4.69) is 49.0 Å². The van der Waals surface area contributed by atoms with Crippen LogP contribution in [0.25, 0.3) is 0 Å². The monoisotopic (exact) mass is 741 g/mol. The summed E-state index contributed by atoms with van der Waals surface area (Å²) in [4.78, 5) is 30.9. The Bertz CT molecular complexity index is 2110. The SMILES string of the molecule is C=CCN1C(=O)[C@]2(O[C@H](CCn3cc(C(CO)c4ccccc4)nn3)[C@@H]([Si](C)(C)c3ccc(OC)cc3)[C@@H]2C)c2cc(N(C=O)c3ccccc3)ccc21. The molecule has 54 heavy (non-hydrogen) atoms. The number of para-hydroxylation sites is 1. The maximum atomic E-state index is 15.0. The molecule has 11 heteroatoms. The molecule has 2 amide bonds. The highest BCUT2D eigenvalue weighted by Crippen LogP contribution is 2.60. The Kier molecular flexibility index (Phi) is 10.4. The van der Waals surface area contributed by atoms with Crippen LogP contribution >= 0.6 is 0 Å². The lowest BCUT2D eigenvalue weighted by Crippen LogP contribution is -2.52. The van der Waals surface area contributed by atoms with E-state index >= 15 is 0 Å². The van der Waals surface area contributed by atoms with Crippen molar-refractivity contribution in [2.45, 2.75) is 56.1 Å². The predicted molar refractivity (Wildman–Crippen MR) is 213 cm³/mol. The molecule has 4 aromatic carbocycles. The third kappa shape index (κ3) is 6.35. The lowest BCUT2D eigenvalue weighted by molar-refractivity contribution is -0.145. The minimum atomic E-state index is -2.41. The quantitative estimate of drug-likeness (QED) is 0.0782. The number of carbonyl (C=O) groups excluding carboxylic acids is 2. The highest BCUT2D eigenvalue weighted by atomic mass is 28.3. The number of nitrogens with zero attached hydrogens (tertiary/aromatic N) is 5. The van der Waals surface area contributed by atoms with Gasteiger partial charge < -0.3 is 19.5 Å². The van der Waals surface area contributed by atoms with Crippen LogP contribution in [0.1, 0.15) is 36.1 Å². The molecule has 1 unspecified atom stereocenters. The fraction of sp³-hybridized carbons (Fsp3) is 0.302. The summed E-state index contributed by atoms with van der Waals surface area (Å²) < 4.78 is 14.6. The molecule has 1 saturated heterocycles. The van der Waals surface area contributed by atoms with Crippen LogP contribution in [0.5, 0.6) is 5.75 Å². The van der Waals surface area contributed by atoms with Gasteiger partial charge in [0.1, 0.15) is 5.75 Å². The van der Waals surface area contributed by atoms with Gasteiger partial charge in [-0.2, -0.15) is 0 Å². The molecule has 2 aliphatic rings. The summed E-state index contributed by atoms with van der Waals surface area (Å²) in [5, 5.41) is 20.5. The van der Waals surface area contributed by atoms with Gasteiger partial charge in [-0.05, 0) is 60.0 Å². The van der Waals surface area contributed by atoms with E-state index in [0.717, 1.165) is 34.7 Å². The van der Waals surface area contributed by atoms with Crippen molar-refractivity contribution in [2.24, 2.45) is 5.92 Å². The van der Waals surface area contributed by atoms with Gasteiger partial charge in [-0.1, -0.05) is 97.2 Å². The minimum Gasteiger partial charge on any atom is -0.497 e. The van der Waals surface area contributed by atoms with Gasteiger partial charge in [0.2, 0.25) is 6.41 Å². The molecule has 5 atom stereocenters. The maximum absolute atomic E-state index is 15.0. The topological polar surface area (TPSA) is 110 Å². The zero-order valence-corrected chi connectivity index (χ0v) is 32.2. The van der Waals surface area contributed by atoms with Gasteiger partial charge in [0.05, 0.1) is 45.2 Å². The fourth-order valence-corrected chi connectivity index (χ4v) is 12.8. The molecule has 0 bridgehead atoms. The largest absolute Gasteiger partial charge is 0.497 e. The molecule has 0 radical (unpaired) electrons. The summed E-state index contributed by atoms with van der Waals surface area (Å²) in [6, 6.07) is 33.3. The summed E-state index contributed by atoms with van der Waals surface area (Å²) >= 11 is 0. The molecule has 278 valence electrons. The lowest BCUT2D eigenvalue weighted by Gasteiger charge is -2.37. The molecule has 1 spiro atoms. The van der Waals surface area contributed by atoms with Gasteiger partial charge in [0.15, 0.2) is 5.60 Å². The van der Waals surface area contributed by atoms with E-state index in [0.29, 0.717) is 30.9 Å². The number of fused-ring (bicyclic) bond motifs is 2. The second-order valence-electron chi connectivity index (χ2n) is 14.7. The van der Waals surface area contributed by atoms with Crippen molar-refractivity contribution >= 4 is 42.6 Å². The number of rotatable bonds is 14. The van der Waals surface area contributed by atoms with E-state index in [9.17, 15) is 14.7 Å². The third-order valence-electron chi connectivity index (χ3n) is 11.5. The molecule has 1 N–H and O–H groups in total. The van der Waals surface area contributed by atoms with E-state index in [-0.39, 0.29) is 36.0 Å². The minimum absolute atomic E-state index is 0.00355. The number of anilines is 3. The first-order valence-electron chi connectivity index (χ1n) is 18.4. The first-order valence-corrected chi connectivity index (χ1v) is 21.5. The Balaban J connectivity index is 1.29. The van der Waals surface area contributed by atoms with Crippen LogP contribution < -0.4 is 19.7 Å². The van der Waals surface area contributed by atoms with Crippen LogP contribution in [-0.4, -0.2) is 66.9 Å². The Morgan fingerprint density at radius 3 is 2.37 bits per heavy atom. The number of aliphatic hydroxyl groups excluding tert-OH is 1. The number of hydrogen-bond acceptors (Lipinski definition) is 7. The molecule has 5 aromatic rings. The Morgan fingerprint density at radius 1 is 1.02 bits per heavy atom. The van der Waals surface area contributed by atoms with Gasteiger partial charge in [0, 0.05) is 42.1 Å². The van der Waals surface area contributed by atoms with Gasteiger partial charge in [-0.25, -0.2) is 0 Å². The zero-order valence-electron chi connectivity index (χ0n) is 31.2. The van der Waals surface area contributed by atoms with E-state index < -0.39 is 13.7 Å². The van der Waals surface area contributed by atoms with Crippen LogP contribution in [-0.2, 0) is 26.5 Å². The summed E-state index contributed by atoms with van der Waals surface area (Å²) in [6.45, 7) is 11.6. The number of amides is 2. The van der Waals surface area contributed by atoms with Crippen LogP contribution in [0.4, 0.5) is 17.1 Å². The van der Waals surface area contributed by atoms with Crippen molar-refractivity contribution in [1.82, 2.24) is 15.0 Å². The van der Waals surface area contributed by atoms with Crippen molar-refractivity contribution in [1.29, 1.82) is 0 Å². The van der Waals surface area contributed by atoms with Gasteiger partial charge in [-0.15, -0.1) is 11.7 Å². The number of benzene rings is 4. The highest BCUT2D eigenvalue weighted by molar-refractivity contribution is 6.91. The Hall–Kier alpha value is -5.36. The molecule has 1 fully saturated rings. The maximum Gasteiger partial charge on any atom is 0.264 e. The van der Waals surface area contributed by atoms with Gasteiger partial charge in [0.25, 0.3) is 5.91 Å². The second-order valence-corrected chi connectivity index (χ2v) is 19.4. The van der Waals surface area contributed by atoms with Crippen LogP contribution in [0.3, 0.4) is 0 Å². The lowest BCUT2D eigenvalue weighted by atomic mass is 9.82. The van der Waals surface area contributed by atoms with Crippen LogP contribution in [0.15, 0.2) is 122 Å². The highest BCUT2D eigenvalue weighted by Gasteiger charge is 2.66. The average molecular weight is 742 g/mol. The van der Waals surface area contributed by atoms with Crippen molar-refractivity contribution in [2.75, 3.05) is 30.1 Å². The Morgan fingerprint density at radius 2 is 1.72 bits per heavy atom. The van der Waals surface area contributed by atoms with E-state index in [1.165, 1.54) is 5.19 Å². The zero-order chi connectivity index (χ0) is 38.0. The van der Waals surface area contributed by atoms with E-state index in [1.54, 1.807) is 23.0 Å². The molecule has 7 rings (SSSR count). The molecular formula is C43H47N5O5Si. The standard InChI is InChI=1S/C43H47N5O5Si/c1-6-24-47-39-22-17-33(48(29-50)32-15-11-8-12-16-32)26-37(39)43(42(47)51)30(2)41(54(4,5)35-20-18-34(52-3)19-21-35)40(53-43)23-25-46-27-38(44-45-46)36(28-49)31-13-9-7-10-14-31/h6-22,26-27,29-30,36,40-41,49H,1,23-25,28H2,2-5H3/t30-,36?,40+,41-,43+/m0/s1. The number of ether oxygens (including phenoxy) is 2. The van der Waals surface area contributed by atoms with Crippen molar-refractivity contribution in [3.05, 3.63) is 139 Å². The third-order valence-corrected chi connectivity index (χ3v) is 15.8. The molecule has 2 aliphatic heterocycles. The van der Waals surface area contributed by atoms with E-state index in [1.807, 2.05) is 102 Å². The summed E-state index contributed by atoms with van der Waals surface area (Å²) in [5.74, 6) is 0.145. The molecule has 10 nitrogen and oxygen atoms in total. The molecule has 1 aromatic heterocycles. The first kappa shape index (κ1) is 37.0. The molecule has 0 aliphatic carbocycles. The Labute approximate surface area is 317 Å². The number of carbonyl (C=O) groups is 2. The smallest absolute Gasteiger partial charge is 0.264 e.